The molecule has 0 spiro atoms. The van der Waals surface area contributed by atoms with Gasteiger partial charge in [0, 0.05) is 12.1 Å². The molecule has 0 amide bonds. The van der Waals surface area contributed by atoms with E-state index in [1.165, 1.54) is 19.4 Å². The van der Waals surface area contributed by atoms with Gasteiger partial charge in [-0.3, -0.25) is 0 Å². The summed E-state index contributed by atoms with van der Waals surface area (Å²) in [5, 5.41) is 3.45. The van der Waals surface area contributed by atoms with Crippen molar-refractivity contribution in [1.29, 1.82) is 0 Å². The standard InChI is InChI=1S/C11H24N2/c1-5-12-8-10-6-7-11(10)13(4)9(2)3/h9-12H,5-8H2,1-4H3. The first-order chi connectivity index (χ1) is 6.16. The van der Waals surface area contributed by atoms with Crippen LogP contribution in [0.3, 0.4) is 0 Å². The summed E-state index contributed by atoms with van der Waals surface area (Å²) in [5.41, 5.74) is 0. The molecule has 1 aliphatic rings. The lowest BCUT2D eigenvalue weighted by Gasteiger charge is -2.44. The highest BCUT2D eigenvalue weighted by Crippen LogP contribution is 2.31. The number of hydrogen-bond acceptors (Lipinski definition) is 2. The Morgan fingerprint density at radius 1 is 1.38 bits per heavy atom. The average molecular weight is 184 g/mol. The molecule has 0 aromatic heterocycles. The maximum absolute atomic E-state index is 3.45. The quantitative estimate of drug-likeness (QED) is 0.700. The minimum Gasteiger partial charge on any atom is -0.317 e. The second kappa shape index (κ2) is 4.97. The Hall–Kier alpha value is -0.0800. The third kappa shape index (κ3) is 2.68. The molecule has 78 valence electrons. The van der Waals surface area contributed by atoms with Crippen LogP contribution in [0.15, 0.2) is 0 Å². The highest BCUT2D eigenvalue weighted by molar-refractivity contribution is 4.89. The molecule has 0 radical (unpaired) electrons. The van der Waals surface area contributed by atoms with Crippen LogP contribution in [-0.2, 0) is 0 Å². The molecule has 2 unspecified atom stereocenters. The Morgan fingerprint density at radius 2 is 2.08 bits per heavy atom. The molecule has 0 aromatic carbocycles. The van der Waals surface area contributed by atoms with Crippen LogP contribution >= 0.6 is 0 Å². The second-order valence-corrected chi connectivity index (χ2v) is 4.47. The van der Waals surface area contributed by atoms with Crippen LogP contribution in [0.5, 0.6) is 0 Å². The van der Waals surface area contributed by atoms with E-state index in [-0.39, 0.29) is 0 Å². The van der Waals surface area contributed by atoms with Gasteiger partial charge in [0.05, 0.1) is 0 Å². The van der Waals surface area contributed by atoms with Crippen molar-refractivity contribution in [2.24, 2.45) is 5.92 Å². The first-order valence-electron chi connectivity index (χ1n) is 5.59. The van der Waals surface area contributed by atoms with Crippen molar-refractivity contribution in [3.8, 4) is 0 Å². The molecular weight excluding hydrogens is 160 g/mol. The minimum absolute atomic E-state index is 0.689. The van der Waals surface area contributed by atoms with E-state index in [1.807, 2.05) is 0 Å². The predicted molar refractivity (Wildman–Crippen MR) is 58.0 cm³/mol. The maximum atomic E-state index is 3.45. The molecule has 1 N–H and O–H groups in total. The van der Waals surface area contributed by atoms with Gasteiger partial charge in [-0.25, -0.2) is 0 Å². The Kier molecular flexibility index (Phi) is 4.20. The van der Waals surface area contributed by atoms with Gasteiger partial charge in [0.1, 0.15) is 0 Å². The van der Waals surface area contributed by atoms with E-state index in [2.05, 4.69) is 38.0 Å². The minimum atomic E-state index is 0.689. The lowest BCUT2D eigenvalue weighted by Crippen LogP contribution is -2.51. The van der Waals surface area contributed by atoms with Gasteiger partial charge < -0.3 is 10.2 Å². The fourth-order valence-corrected chi connectivity index (χ4v) is 2.04. The van der Waals surface area contributed by atoms with Crippen molar-refractivity contribution >= 4 is 0 Å². The first kappa shape index (κ1) is 11.0. The van der Waals surface area contributed by atoms with Crippen LogP contribution in [0.2, 0.25) is 0 Å². The van der Waals surface area contributed by atoms with Crippen LogP contribution in [0, 0.1) is 5.92 Å². The molecule has 0 bridgehead atoms. The first-order valence-corrected chi connectivity index (χ1v) is 5.59. The third-order valence-electron chi connectivity index (χ3n) is 3.37. The molecule has 13 heavy (non-hydrogen) atoms. The van der Waals surface area contributed by atoms with E-state index in [1.54, 1.807) is 0 Å². The second-order valence-electron chi connectivity index (χ2n) is 4.47. The van der Waals surface area contributed by atoms with Crippen molar-refractivity contribution < 1.29 is 0 Å². The smallest absolute Gasteiger partial charge is 0.0135 e. The molecule has 2 heteroatoms. The molecular formula is C11H24N2. The van der Waals surface area contributed by atoms with E-state index >= 15 is 0 Å². The molecule has 2 nitrogen and oxygen atoms in total. The third-order valence-corrected chi connectivity index (χ3v) is 3.37. The molecule has 1 rings (SSSR count). The molecule has 1 saturated carbocycles. The van der Waals surface area contributed by atoms with Gasteiger partial charge in [0.25, 0.3) is 0 Å². The molecule has 0 heterocycles. The van der Waals surface area contributed by atoms with Crippen LogP contribution in [0.25, 0.3) is 0 Å². The van der Waals surface area contributed by atoms with Crippen molar-refractivity contribution in [1.82, 2.24) is 10.2 Å². The van der Waals surface area contributed by atoms with E-state index in [0.29, 0.717) is 6.04 Å². The predicted octanol–water partition coefficient (Wildman–Crippen LogP) is 1.71. The number of nitrogens with one attached hydrogen (secondary N) is 1. The van der Waals surface area contributed by atoms with Crippen LogP contribution in [0.4, 0.5) is 0 Å². The van der Waals surface area contributed by atoms with Crippen molar-refractivity contribution in [2.75, 3.05) is 20.1 Å². The van der Waals surface area contributed by atoms with Crippen LogP contribution in [0.1, 0.15) is 33.6 Å². The van der Waals surface area contributed by atoms with Gasteiger partial charge in [0.15, 0.2) is 0 Å². The summed E-state index contributed by atoms with van der Waals surface area (Å²) in [6, 6.07) is 1.52. The lowest BCUT2D eigenvalue weighted by atomic mass is 9.78. The monoisotopic (exact) mass is 184 g/mol. The topological polar surface area (TPSA) is 15.3 Å². The van der Waals surface area contributed by atoms with Gasteiger partial charge in [-0.15, -0.1) is 0 Å². The van der Waals surface area contributed by atoms with E-state index in [9.17, 15) is 0 Å². The lowest BCUT2D eigenvalue weighted by molar-refractivity contribution is 0.0612. The van der Waals surface area contributed by atoms with Gasteiger partial charge in [-0.2, -0.15) is 0 Å². The average Bonchev–Trinajstić information content (AvgIpc) is 2.03. The summed E-state index contributed by atoms with van der Waals surface area (Å²) in [6.07, 6.45) is 2.81. The molecule has 1 aliphatic carbocycles. The van der Waals surface area contributed by atoms with Gasteiger partial charge >= 0.3 is 0 Å². The maximum Gasteiger partial charge on any atom is 0.0135 e. The van der Waals surface area contributed by atoms with E-state index in [0.717, 1.165) is 18.5 Å². The fraction of sp³-hybridized carbons (Fsp3) is 1.00. The summed E-state index contributed by atoms with van der Waals surface area (Å²) in [5.74, 6) is 0.896. The Bertz CT molecular complexity index is 145. The van der Waals surface area contributed by atoms with Crippen LogP contribution in [-0.4, -0.2) is 37.1 Å². The molecule has 1 fully saturated rings. The van der Waals surface area contributed by atoms with Gasteiger partial charge in [-0.05, 0) is 52.7 Å². The van der Waals surface area contributed by atoms with Crippen LogP contribution < -0.4 is 5.32 Å². The van der Waals surface area contributed by atoms with Crippen molar-refractivity contribution in [2.45, 2.75) is 45.7 Å². The summed E-state index contributed by atoms with van der Waals surface area (Å²) in [7, 11) is 2.26. The Labute approximate surface area is 82.7 Å². The molecule has 0 aliphatic heterocycles. The fourth-order valence-electron chi connectivity index (χ4n) is 2.04. The number of hydrogen-bond donors (Lipinski definition) is 1. The zero-order chi connectivity index (χ0) is 9.84. The summed E-state index contributed by atoms with van der Waals surface area (Å²) < 4.78 is 0. The van der Waals surface area contributed by atoms with Crippen molar-refractivity contribution in [3.05, 3.63) is 0 Å². The number of rotatable bonds is 5. The summed E-state index contributed by atoms with van der Waals surface area (Å²) >= 11 is 0. The highest BCUT2D eigenvalue weighted by Gasteiger charge is 2.33. The van der Waals surface area contributed by atoms with Crippen molar-refractivity contribution in [3.63, 3.8) is 0 Å². The number of nitrogens with zero attached hydrogens (tertiary/aromatic N) is 1. The normalized spacial score (nSPS) is 28.2. The largest absolute Gasteiger partial charge is 0.317 e. The summed E-state index contributed by atoms with van der Waals surface area (Å²) in [6.45, 7) is 9.05. The van der Waals surface area contributed by atoms with E-state index < -0.39 is 0 Å². The molecule has 2 atom stereocenters. The Balaban J connectivity index is 2.27. The zero-order valence-corrected chi connectivity index (χ0v) is 9.51. The highest BCUT2D eigenvalue weighted by atomic mass is 15.2. The Morgan fingerprint density at radius 3 is 2.46 bits per heavy atom. The van der Waals surface area contributed by atoms with Gasteiger partial charge in [-0.1, -0.05) is 6.92 Å². The zero-order valence-electron chi connectivity index (χ0n) is 9.51. The molecule has 0 aromatic rings. The molecule has 0 saturated heterocycles. The van der Waals surface area contributed by atoms with Gasteiger partial charge in [0.2, 0.25) is 0 Å². The SMILES string of the molecule is CCNCC1CCC1N(C)C(C)C. The summed E-state index contributed by atoms with van der Waals surface area (Å²) in [4.78, 5) is 2.52. The van der Waals surface area contributed by atoms with E-state index in [4.69, 9.17) is 0 Å².